The maximum atomic E-state index is 11.7. The van der Waals surface area contributed by atoms with E-state index in [1.165, 1.54) is 29.9 Å². The summed E-state index contributed by atoms with van der Waals surface area (Å²) in [6.07, 6.45) is 4.45. The summed E-state index contributed by atoms with van der Waals surface area (Å²) >= 11 is 6.96. The number of hydrogen-bond acceptors (Lipinski definition) is 4. The summed E-state index contributed by atoms with van der Waals surface area (Å²) < 4.78 is 0.595. The Labute approximate surface area is 89.4 Å². The van der Waals surface area contributed by atoms with E-state index in [2.05, 4.69) is 9.97 Å². The van der Waals surface area contributed by atoms with Crippen molar-refractivity contribution in [3.63, 3.8) is 0 Å². The quantitative estimate of drug-likeness (QED) is 0.736. The molecule has 0 aliphatic rings. The molecule has 3 nitrogen and oxygen atoms in total. The summed E-state index contributed by atoms with van der Waals surface area (Å²) in [6.45, 7) is 0. The van der Waals surface area contributed by atoms with Crippen LogP contribution in [0.3, 0.4) is 0 Å². The fourth-order valence-corrected chi connectivity index (χ4v) is 1.97. The Morgan fingerprint density at radius 2 is 2.21 bits per heavy atom. The minimum absolute atomic E-state index is 0.144. The molecule has 2 rings (SSSR count). The van der Waals surface area contributed by atoms with Gasteiger partial charge < -0.3 is 0 Å². The van der Waals surface area contributed by atoms with Gasteiger partial charge in [-0.15, -0.1) is 11.3 Å². The van der Waals surface area contributed by atoms with Crippen LogP contribution in [0.4, 0.5) is 0 Å². The lowest BCUT2D eigenvalue weighted by molar-refractivity contribution is 0.103. The van der Waals surface area contributed by atoms with Crippen LogP contribution < -0.4 is 0 Å². The molecule has 0 saturated carbocycles. The van der Waals surface area contributed by atoms with Crippen molar-refractivity contribution in [2.45, 2.75) is 0 Å². The van der Waals surface area contributed by atoms with Gasteiger partial charge in [0.05, 0.1) is 15.4 Å². The molecule has 0 radical (unpaired) electrons. The molecule has 0 aliphatic carbocycles. The van der Waals surface area contributed by atoms with E-state index in [1.807, 2.05) is 0 Å². The molecular weight excluding hydrogens is 220 g/mol. The van der Waals surface area contributed by atoms with Crippen molar-refractivity contribution in [1.82, 2.24) is 9.97 Å². The first kappa shape index (κ1) is 9.30. The molecule has 2 aromatic rings. The third-order valence-corrected chi connectivity index (χ3v) is 2.82. The van der Waals surface area contributed by atoms with E-state index in [0.717, 1.165) is 0 Å². The van der Waals surface area contributed by atoms with E-state index in [-0.39, 0.29) is 5.78 Å². The van der Waals surface area contributed by atoms with Gasteiger partial charge in [0, 0.05) is 12.4 Å². The first-order valence-corrected chi connectivity index (χ1v) is 5.03. The van der Waals surface area contributed by atoms with Gasteiger partial charge in [-0.2, -0.15) is 0 Å². The molecule has 0 spiro atoms. The lowest BCUT2D eigenvalue weighted by Crippen LogP contribution is -2.01. The number of rotatable bonds is 2. The molecule has 14 heavy (non-hydrogen) atoms. The van der Waals surface area contributed by atoms with Gasteiger partial charge in [0.1, 0.15) is 5.69 Å². The van der Waals surface area contributed by atoms with Gasteiger partial charge in [0.15, 0.2) is 0 Å². The average molecular weight is 225 g/mol. The van der Waals surface area contributed by atoms with E-state index in [9.17, 15) is 4.79 Å². The first-order chi connectivity index (χ1) is 6.77. The summed E-state index contributed by atoms with van der Waals surface area (Å²) in [7, 11) is 0. The fourth-order valence-electron chi connectivity index (χ4n) is 0.979. The number of carbonyl (C=O) groups excluding carboxylic acids is 1. The Morgan fingerprint density at radius 3 is 2.79 bits per heavy atom. The predicted molar refractivity (Wildman–Crippen MR) is 54.8 cm³/mol. The smallest absolute Gasteiger partial charge is 0.222 e. The number of aromatic nitrogens is 2. The molecule has 70 valence electrons. The molecule has 0 N–H and O–H groups in total. The normalized spacial score (nSPS) is 10.1. The van der Waals surface area contributed by atoms with Crippen molar-refractivity contribution in [3.8, 4) is 0 Å². The molecule has 0 unspecified atom stereocenters. The van der Waals surface area contributed by atoms with Gasteiger partial charge in [-0.05, 0) is 12.1 Å². The lowest BCUT2D eigenvalue weighted by atomic mass is 10.2. The number of nitrogens with zero attached hydrogens (tertiary/aromatic N) is 2. The average Bonchev–Trinajstić information content (AvgIpc) is 2.65. The first-order valence-electron chi connectivity index (χ1n) is 3.83. The topological polar surface area (TPSA) is 42.9 Å². The second-order valence-electron chi connectivity index (χ2n) is 2.52. The second kappa shape index (κ2) is 3.86. The third-order valence-electron chi connectivity index (χ3n) is 1.59. The fraction of sp³-hybridized carbons (Fsp3) is 0. The van der Waals surface area contributed by atoms with Crippen LogP contribution in [0.15, 0.2) is 30.7 Å². The molecule has 0 aliphatic heterocycles. The predicted octanol–water partition coefficient (Wildman–Crippen LogP) is 2.42. The zero-order valence-electron chi connectivity index (χ0n) is 6.98. The van der Waals surface area contributed by atoms with Crippen molar-refractivity contribution < 1.29 is 4.79 Å². The van der Waals surface area contributed by atoms with Crippen LogP contribution in [0.5, 0.6) is 0 Å². The zero-order valence-corrected chi connectivity index (χ0v) is 8.55. The Hall–Kier alpha value is -1.26. The van der Waals surface area contributed by atoms with Gasteiger partial charge >= 0.3 is 0 Å². The highest BCUT2D eigenvalue weighted by atomic mass is 35.5. The second-order valence-corrected chi connectivity index (χ2v) is 4.24. The summed E-state index contributed by atoms with van der Waals surface area (Å²) in [4.78, 5) is 20.0. The number of thiophene rings is 1. The number of halogens is 1. The van der Waals surface area contributed by atoms with Gasteiger partial charge in [0.25, 0.3) is 0 Å². The van der Waals surface area contributed by atoms with Gasteiger partial charge in [-0.25, -0.2) is 4.98 Å². The molecule has 0 atom stereocenters. The van der Waals surface area contributed by atoms with Crippen LogP contribution in [0.25, 0.3) is 0 Å². The SMILES string of the molecule is O=C(c1cnccn1)c1ccc(Cl)s1. The minimum Gasteiger partial charge on any atom is -0.286 e. The van der Waals surface area contributed by atoms with Crippen molar-refractivity contribution in [1.29, 1.82) is 0 Å². The van der Waals surface area contributed by atoms with Gasteiger partial charge in [-0.3, -0.25) is 9.78 Å². The minimum atomic E-state index is -0.144. The largest absolute Gasteiger partial charge is 0.286 e. The van der Waals surface area contributed by atoms with Gasteiger partial charge in [-0.1, -0.05) is 11.6 Å². The molecule has 0 aromatic carbocycles. The van der Waals surface area contributed by atoms with E-state index in [4.69, 9.17) is 11.6 Å². The highest BCUT2D eigenvalue weighted by molar-refractivity contribution is 7.18. The van der Waals surface area contributed by atoms with E-state index in [0.29, 0.717) is 14.9 Å². The number of ketones is 1. The molecule has 0 saturated heterocycles. The van der Waals surface area contributed by atoms with Crippen LogP contribution in [0.2, 0.25) is 4.34 Å². The van der Waals surface area contributed by atoms with Crippen LogP contribution in [-0.4, -0.2) is 15.8 Å². The van der Waals surface area contributed by atoms with E-state index in [1.54, 1.807) is 12.1 Å². The maximum absolute atomic E-state index is 11.7. The molecule has 5 heteroatoms. The Bertz CT molecular complexity index is 455. The summed E-state index contributed by atoms with van der Waals surface area (Å²) in [5, 5.41) is 0. The standard InChI is InChI=1S/C9H5ClN2OS/c10-8-2-1-7(14-8)9(13)6-5-11-3-4-12-6/h1-5H. The zero-order chi connectivity index (χ0) is 9.97. The van der Waals surface area contributed by atoms with Gasteiger partial charge in [0.2, 0.25) is 5.78 Å². The summed E-state index contributed by atoms with van der Waals surface area (Å²) in [6, 6.07) is 3.37. The Kier molecular flexibility index (Phi) is 2.56. The summed E-state index contributed by atoms with van der Waals surface area (Å²) in [5.41, 5.74) is 0.339. The van der Waals surface area contributed by atoms with E-state index >= 15 is 0 Å². The molecule has 2 heterocycles. The van der Waals surface area contributed by atoms with Crippen molar-refractivity contribution >= 4 is 28.7 Å². The van der Waals surface area contributed by atoms with E-state index < -0.39 is 0 Å². The molecular formula is C9H5ClN2OS. The van der Waals surface area contributed by atoms with Crippen LogP contribution in [0, 0.1) is 0 Å². The number of hydrogen-bond donors (Lipinski definition) is 0. The lowest BCUT2D eigenvalue weighted by Gasteiger charge is -1.94. The highest BCUT2D eigenvalue weighted by Crippen LogP contribution is 2.23. The van der Waals surface area contributed by atoms with Crippen LogP contribution in [0.1, 0.15) is 15.4 Å². The van der Waals surface area contributed by atoms with Crippen molar-refractivity contribution in [3.05, 3.63) is 45.6 Å². The molecule has 0 fully saturated rings. The summed E-state index contributed by atoms with van der Waals surface area (Å²) in [5.74, 6) is -0.144. The van der Waals surface area contributed by atoms with Crippen molar-refractivity contribution in [2.75, 3.05) is 0 Å². The molecule has 2 aromatic heterocycles. The highest BCUT2D eigenvalue weighted by Gasteiger charge is 2.12. The monoisotopic (exact) mass is 224 g/mol. The maximum Gasteiger partial charge on any atom is 0.222 e. The molecule has 0 bridgehead atoms. The van der Waals surface area contributed by atoms with Crippen LogP contribution in [-0.2, 0) is 0 Å². The van der Waals surface area contributed by atoms with Crippen molar-refractivity contribution in [2.24, 2.45) is 0 Å². The third kappa shape index (κ3) is 1.81. The number of carbonyl (C=O) groups is 1. The van der Waals surface area contributed by atoms with Crippen LogP contribution >= 0.6 is 22.9 Å². The Morgan fingerprint density at radius 1 is 1.36 bits per heavy atom. The Balaban J connectivity index is 2.34. The molecule has 0 amide bonds.